The Bertz CT molecular complexity index is 231. The number of carbonyl (C=O) groups is 2. The van der Waals surface area contributed by atoms with Crippen molar-refractivity contribution >= 4 is 36.3 Å². The Morgan fingerprint density at radius 3 is 2.36 bits per heavy atom. The second-order valence-corrected chi connectivity index (χ2v) is 5.06. The molecule has 0 bridgehead atoms. The van der Waals surface area contributed by atoms with E-state index in [1.54, 1.807) is 20.1 Å². The number of amides is 1. The van der Waals surface area contributed by atoms with E-state index in [-0.39, 0.29) is 11.7 Å². The first kappa shape index (κ1) is 13.6. The maximum Gasteiger partial charge on any atom is 0.327 e. The Morgan fingerprint density at radius 2 is 2.07 bits per heavy atom. The summed E-state index contributed by atoms with van der Waals surface area (Å²) in [5.41, 5.74) is 0. The molecule has 0 aliphatic rings. The highest BCUT2D eigenvalue weighted by atomic mass is 32.2. The van der Waals surface area contributed by atoms with Crippen LogP contribution in [0.1, 0.15) is 13.8 Å². The van der Waals surface area contributed by atoms with Gasteiger partial charge in [-0.05, 0) is 20.1 Å². The van der Waals surface area contributed by atoms with Crippen molar-refractivity contribution in [3.63, 3.8) is 0 Å². The van der Waals surface area contributed by atoms with Gasteiger partial charge in [-0.15, -0.1) is 11.8 Å². The van der Waals surface area contributed by atoms with Gasteiger partial charge in [-0.3, -0.25) is 4.79 Å². The molecule has 1 amide bonds. The van der Waals surface area contributed by atoms with Gasteiger partial charge in [0.1, 0.15) is 6.04 Å². The van der Waals surface area contributed by atoms with E-state index in [4.69, 9.17) is 5.11 Å². The highest BCUT2D eigenvalue weighted by Gasteiger charge is 2.29. The molecule has 82 valence electrons. The average molecular weight is 237 g/mol. The minimum Gasteiger partial charge on any atom is -0.480 e. The van der Waals surface area contributed by atoms with Crippen LogP contribution in [-0.2, 0) is 9.59 Å². The summed E-state index contributed by atoms with van der Waals surface area (Å²) in [6.07, 6.45) is 1.80. The maximum absolute atomic E-state index is 11.5. The number of carbonyl (C=O) groups excluding carboxylic acids is 1. The van der Waals surface area contributed by atoms with Crippen molar-refractivity contribution in [3.8, 4) is 0 Å². The Kier molecular flexibility index (Phi) is 5.36. The van der Waals surface area contributed by atoms with Crippen molar-refractivity contribution in [2.75, 3.05) is 12.0 Å². The molecule has 1 atom stereocenters. The Morgan fingerprint density at radius 1 is 1.57 bits per heavy atom. The second-order valence-electron chi connectivity index (χ2n) is 3.26. The molecule has 2 N–H and O–H groups in total. The molecule has 4 nitrogen and oxygen atoms in total. The normalized spacial score (nSPS) is 13.4. The van der Waals surface area contributed by atoms with Crippen molar-refractivity contribution in [1.82, 2.24) is 5.32 Å². The Hall–Kier alpha value is -0.360. The summed E-state index contributed by atoms with van der Waals surface area (Å²) in [7, 11) is 0. The molecule has 0 unspecified atom stereocenters. The summed E-state index contributed by atoms with van der Waals surface area (Å²) < 4.78 is -0.614. The van der Waals surface area contributed by atoms with Crippen LogP contribution in [0.5, 0.6) is 0 Å². The van der Waals surface area contributed by atoms with Crippen LogP contribution in [0, 0.1) is 0 Å². The van der Waals surface area contributed by atoms with Gasteiger partial charge in [0.25, 0.3) is 0 Å². The van der Waals surface area contributed by atoms with Crippen LogP contribution in [0.2, 0.25) is 0 Å². The number of hydrogen-bond acceptors (Lipinski definition) is 4. The zero-order valence-corrected chi connectivity index (χ0v) is 10.1. The smallest absolute Gasteiger partial charge is 0.327 e. The molecule has 0 heterocycles. The fourth-order valence-electron chi connectivity index (χ4n) is 0.610. The number of thioether (sulfide) groups is 1. The third-order valence-electron chi connectivity index (χ3n) is 1.84. The Balaban J connectivity index is 4.37. The van der Waals surface area contributed by atoms with Gasteiger partial charge >= 0.3 is 5.97 Å². The molecule has 0 radical (unpaired) electrons. The van der Waals surface area contributed by atoms with E-state index in [0.717, 1.165) is 0 Å². The van der Waals surface area contributed by atoms with Crippen LogP contribution < -0.4 is 5.32 Å². The fraction of sp³-hybridized carbons (Fsp3) is 0.750. The molecule has 0 spiro atoms. The van der Waals surface area contributed by atoms with E-state index in [1.165, 1.54) is 11.8 Å². The van der Waals surface area contributed by atoms with Crippen LogP contribution >= 0.6 is 24.4 Å². The van der Waals surface area contributed by atoms with Crippen LogP contribution in [-0.4, -0.2) is 39.8 Å². The quantitative estimate of drug-likeness (QED) is 0.614. The van der Waals surface area contributed by atoms with Crippen LogP contribution in [0.4, 0.5) is 0 Å². The second kappa shape index (κ2) is 5.50. The van der Waals surface area contributed by atoms with E-state index < -0.39 is 16.8 Å². The molecule has 0 saturated carbocycles. The molecule has 0 fully saturated rings. The average Bonchev–Trinajstić information content (AvgIpc) is 2.12. The summed E-state index contributed by atoms with van der Waals surface area (Å²) in [6.45, 7) is 3.48. The third kappa shape index (κ3) is 3.79. The summed E-state index contributed by atoms with van der Waals surface area (Å²) >= 11 is 5.22. The van der Waals surface area contributed by atoms with E-state index in [1.807, 2.05) is 0 Å². The summed E-state index contributed by atoms with van der Waals surface area (Å²) in [5.74, 6) is -1.26. The lowest BCUT2D eigenvalue weighted by Crippen LogP contribution is -2.49. The first-order valence-electron chi connectivity index (χ1n) is 4.05. The molecule has 0 aliphatic carbocycles. The van der Waals surface area contributed by atoms with E-state index in [0.29, 0.717) is 0 Å². The number of rotatable bonds is 5. The molecule has 0 aromatic carbocycles. The van der Waals surface area contributed by atoms with Crippen molar-refractivity contribution in [1.29, 1.82) is 0 Å². The van der Waals surface area contributed by atoms with E-state index >= 15 is 0 Å². The predicted molar refractivity (Wildman–Crippen MR) is 61.0 cm³/mol. The van der Waals surface area contributed by atoms with Gasteiger partial charge in [-0.25, -0.2) is 4.79 Å². The van der Waals surface area contributed by atoms with E-state index in [2.05, 4.69) is 17.9 Å². The van der Waals surface area contributed by atoms with Gasteiger partial charge in [0.05, 0.1) is 4.75 Å². The molecule has 6 heteroatoms. The van der Waals surface area contributed by atoms with Gasteiger partial charge in [-0.2, -0.15) is 12.6 Å². The zero-order chi connectivity index (χ0) is 11.4. The highest BCUT2D eigenvalue weighted by molar-refractivity contribution is 8.00. The predicted octanol–water partition coefficient (Wildman–Crippen LogP) is 0.627. The SMILES string of the molecule is CSC(C)(C)C(=O)N[C@@H](CS)C(=O)O. The molecule has 0 aliphatic heterocycles. The monoisotopic (exact) mass is 237 g/mol. The number of hydrogen-bond donors (Lipinski definition) is 3. The first-order valence-corrected chi connectivity index (χ1v) is 5.90. The minimum absolute atomic E-state index is 0.0888. The molecular formula is C8H15NO3S2. The van der Waals surface area contributed by atoms with Crippen LogP contribution in [0.25, 0.3) is 0 Å². The van der Waals surface area contributed by atoms with Crippen LogP contribution in [0.3, 0.4) is 0 Å². The Labute approximate surface area is 93.2 Å². The topological polar surface area (TPSA) is 66.4 Å². The zero-order valence-electron chi connectivity index (χ0n) is 8.40. The van der Waals surface area contributed by atoms with Crippen molar-refractivity contribution < 1.29 is 14.7 Å². The van der Waals surface area contributed by atoms with Crippen molar-refractivity contribution in [3.05, 3.63) is 0 Å². The van der Waals surface area contributed by atoms with Gasteiger partial charge in [0.2, 0.25) is 5.91 Å². The minimum atomic E-state index is -1.06. The van der Waals surface area contributed by atoms with Crippen molar-refractivity contribution in [2.24, 2.45) is 0 Å². The molecule has 0 saturated heterocycles. The summed E-state index contributed by atoms with van der Waals surface area (Å²) in [4.78, 5) is 22.2. The number of carboxylic acid groups (broad SMARTS) is 1. The number of thiol groups is 1. The molecule has 14 heavy (non-hydrogen) atoms. The van der Waals surface area contributed by atoms with Gasteiger partial charge in [-0.1, -0.05) is 0 Å². The third-order valence-corrected chi connectivity index (χ3v) is 3.41. The van der Waals surface area contributed by atoms with Crippen molar-refractivity contribution in [2.45, 2.75) is 24.6 Å². The fourth-order valence-corrected chi connectivity index (χ4v) is 1.10. The van der Waals surface area contributed by atoms with Crippen LogP contribution in [0.15, 0.2) is 0 Å². The molecule has 0 rings (SSSR count). The lowest BCUT2D eigenvalue weighted by molar-refractivity contribution is -0.141. The van der Waals surface area contributed by atoms with Gasteiger partial charge in [0.15, 0.2) is 0 Å². The maximum atomic E-state index is 11.5. The molecule has 0 aromatic heterocycles. The van der Waals surface area contributed by atoms with Gasteiger partial charge in [0, 0.05) is 5.75 Å². The first-order chi connectivity index (χ1) is 6.35. The van der Waals surface area contributed by atoms with Gasteiger partial charge < -0.3 is 10.4 Å². The lowest BCUT2D eigenvalue weighted by Gasteiger charge is -2.23. The number of carboxylic acids is 1. The number of nitrogens with one attached hydrogen (secondary N) is 1. The lowest BCUT2D eigenvalue weighted by atomic mass is 10.2. The molecule has 0 aromatic rings. The summed E-state index contributed by atoms with van der Waals surface area (Å²) in [5, 5.41) is 11.1. The standard InChI is InChI=1S/C8H15NO3S2/c1-8(2,14-3)7(12)9-5(4-13)6(10)11/h5,13H,4H2,1-3H3,(H,9,12)(H,10,11)/t5-/m0/s1. The number of aliphatic carboxylic acids is 1. The summed E-state index contributed by atoms with van der Waals surface area (Å²) in [6, 6.07) is -0.919. The highest BCUT2D eigenvalue weighted by Crippen LogP contribution is 2.21. The molecular weight excluding hydrogens is 222 g/mol. The largest absolute Gasteiger partial charge is 0.480 e. The van der Waals surface area contributed by atoms with E-state index in [9.17, 15) is 9.59 Å².